The zero-order valence-electron chi connectivity index (χ0n) is 9.98. The summed E-state index contributed by atoms with van der Waals surface area (Å²) in [6.07, 6.45) is 1.17. The average Bonchev–Trinajstić information content (AvgIpc) is 2.43. The molecule has 3 rings (SSSR count). The lowest BCUT2D eigenvalue weighted by Gasteiger charge is -2.08. The van der Waals surface area contributed by atoms with E-state index in [0.29, 0.717) is 5.52 Å². The molecule has 3 aromatic rings. The number of halogens is 3. The van der Waals surface area contributed by atoms with Gasteiger partial charge in [-0.1, -0.05) is 6.07 Å². The predicted molar refractivity (Wildman–Crippen MR) is 65.9 cm³/mol. The van der Waals surface area contributed by atoms with Gasteiger partial charge in [0.2, 0.25) is 11.6 Å². The number of hydrogen-bond acceptors (Lipinski definition) is 3. The van der Waals surface area contributed by atoms with Crippen LogP contribution in [0.3, 0.4) is 0 Å². The minimum atomic E-state index is -0.867. The lowest BCUT2D eigenvalue weighted by atomic mass is 10.2. The SMILES string of the molecule is Fc1ccc2ncnc(Oc3c(F)cccc3F)c2c1. The van der Waals surface area contributed by atoms with Gasteiger partial charge in [-0.3, -0.25) is 0 Å². The average molecular weight is 276 g/mol. The fourth-order valence-electron chi connectivity index (χ4n) is 1.76. The zero-order chi connectivity index (χ0) is 14.1. The molecule has 0 N–H and O–H groups in total. The van der Waals surface area contributed by atoms with Crippen LogP contribution >= 0.6 is 0 Å². The third-order valence-electron chi connectivity index (χ3n) is 2.68. The molecule has 20 heavy (non-hydrogen) atoms. The number of benzene rings is 2. The van der Waals surface area contributed by atoms with Crippen LogP contribution in [0, 0.1) is 17.5 Å². The zero-order valence-corrected chi connectivity index (χ0v) is 9.98. The lowest BCUT2D eigenvalue weighted by Crippen LogP contribution is -1.96. The quantitative estimate of drug-likeness (QED) is 0.713. The maximum absolute atomic E-state index is 13.5. The predicted octanol–water partition coefficient (Wildman–Crippen LogP) is 3.84. The molecular formula is C14H7F3N2O. The van der Waals surface area contributed by atoms with E-state index >= 15 is 0 Å². The number of para-hydroxylation sites is 1. The van der Waals surface area contributed by atoms with Crippen molar-refractivity contribution in [1.82, 2.24) is 9.97 Å². The molecule has 1 aromatic heterocycles. The number of nitrogens with zero attached hydrogens (tertiary/aromatic N) is 2. The Hall–Kier alpha value is -2.63. The molecule has 0 aliphatic rings. The second kappa shape index (κ2) is 4.80. The van der Waals surface area contributed by atoms with E-state index in [1.165, 1.54) is 24.5 Å². The van der Waals surface area contributed by atoms with Crippen molar-refractivity contribution in [2.75, 3.05) is 0 Å². The number of fused-ring (bicyclic) bond motifs is 1. The number of ether oxygens (including phenoxy) is 1. The van der Waals surface area contributed by atoms with Gasteiger partial charge >= 0.3 is 0 Å². The molecule has 0 unspecified atom stereocenters. The largest absolute Gasteiger partial charge is 0.432 e. The Balaban J connectivity index is 2.13. The molecule has 0 amide bonds. The molecule has 0 aliphatic heterocycles. The van der Waals surface area contributed by atoms with Crippen LogP contribution in [0.4, 0.5) is 13.2 Å². The molecule has 0 atom stereocenters. The maximum atomic E-state index is 13.5. The summed E-state index contributed by atoms with van der Waals surface area (Å²) in [5.41, 5.74) is 0.410. The van der Waals surface area contributed by atoms with Crippen molar-refractivity contribution in [3.63, 3.8) is 0 Å². The standard InChI is InChI=1S/C14H7F3N2O/c15-8-4-5-12-9(6-8)14(19-7-18-12)20-13-10(16)2-1-3-11(13)17/h1-7H. The van der Waals surface area contributed by atoms with Gasteiger partial charge in [0.1, 0.15) is 12.1 Å². The summed E-state index contributed by atoms with van der Waals surface area (Å²) >= 11 is 0. The Morgan fingerprint density at radius 3 is 2.40 bits per heavy atom. The van der Waals surface area contributed by atoms with Crippen molar-refractivity contribution in [1.29, 1.82) is 0 Å². The third-order valence-corrected chi connectivity index (χ3v) is 2.68. The van der Waals surface area contributed by atoms with Gasteiger partial charge in [0.25, 0.3) is 0 Å². The highest BCUT2D eigenvalue weighted by atomic mass is 19.1. The van der Waals surface area contributed by atoms with Crippen LogP contribution in [0.2, 0.25) is 0 Å². The monoisotopic (exact) mass is 276 g/mol. The first-order valence-electron chi connectivity index (χ1n) is 5.67. The highest BCUT2D eigenvalue weighted by molar-refractivity contribution is 5.83. The molecule has 3 nitrogen and oxygen atoms in total. The Labute approximate surface area is 111 Å². The molecule has 0 aliphatic carbocycles. The van der Waals surface area contributed by atoms with Crippen LogP contribution in [0.5, 0.6) is 11.6 Å². The summed E-state index contributed by atoms with van der Waals surface area (Å²) in [5, 5.41) is 0.232. The molecule has 0 fully saturated rings. The Morgan fingerprint density at radius 2 is 1.65 bits per heavy atom. The van der Waals surface area contributed by atoms with E-state index in [1.807, 2.05) is 0 Å². The van der Waals surface area contributed by atoms with Gasteiger partial charge in [-0.15, -0.1) is 0 Å². The summed E-state index contributed by atoms with van der Waals surface area (Å²) in [6, 6.07) is 7.13. The fourth-order valence-corrected chi connectivity index (χ4v) is 1.76. The molecule has 0 spiro atoms. The third kappa shape index (κ3) is 2.16. The summed E-state index contributed by atoms with van der Waals surface area (Å²) in [5.74, 6) is -2.96. The summed E-state index contributed by atoms with van der Waals surface area (Å²) in [4.78, 5) is 7.72. The first-order chi connectivity index (χ1) is 9.65. The van der Waals surface area contributed by atoms with Gasteiger partial charge in [0, 0.05) is 0 Å². The Bertz CT molecular complexity index is 772. The van der Waals surface area contributed by atoms with Gasteiger partial charge in [-0.2, -0.15) is 0 Å². The molecule has 0 saturated heterocycles. The van der Waals surface area contributed by atoms with Crippen molar-refractivity contribution in [2.45, 2.75) is 0 Å². The van der Waals surface area contributed by atoms with E-state index in [1.54, 1.807) is 0 Å². The van der Waals surface area contributed by atoms with Gasteiger partial charge in [0.15, 0.2) is 11.6 Å². The number of aromatic nitrogens is 2. The summed E-state index contributed by atoms with van der Waals surface area (Å²) < 4.78 is 45.5. The van der Waals surface area contributed by atoms with Gasteiger partial charge < -0.3 is 4.74 Å². The Morgan fingerprint density at radius 1 is 0.900 bits per heavy atom. The second-order valence-corrected chi connectivity index (χ2v) is 3.99. The van der Waals surface area contributed by atoms with E-state index in [0.717, 1.165) is 18.2 Å². The van der Waals surface area contributed by atoms with Crippen LogP contribution in [-0.2, 0) is 0 Å². The van der Waals surface area contributed by atoms with Crippen LogP contribution in [-0.4, -0.2) is 9.97 Å². The second-order valence-electron chi connectivity index (χ2n) is 3.99. The normalized spacial score (nSPS) is 10.8. The topological polar surface area (TPSA) is 35.0 Å². The van der Waals surface area contributed by atoms with E-state index in [4.69, 9.17) is 4.74 Å². The van der Waals surface area contributed by atoms with Crippen molar-refractivity contribution in [3.8, 4) is 11.6 Å². The van der Waals surface area contributed by atoms with Crippen molar-refractivity contribution < 1.29 is 17.9 Å². The first-order valence-corrected chi connectivity index (χ1v) is 5.67. The summed E-state index contributed by atoms with van der Waals surface area (Å²) in [6.45, 7) is 0. The molecule has 0 saturated carbocycles. The van der Waals surface area contributed by atoms with Crippen LogP contribution in [0.15, 0.2) is 42.7 Å². The molecule has 0 bridgehead atoms. The van der Waals surface area contributed by atoms with Crippen molar-refractivity contribution in [2.24, 2.45) is 0 Å². The highest BCUT2D eigenvalue weighted by Crippen LogP contribution is 2.30. The van der Waals surface area contributed by atoms with Gasteiger partial charge in [-0.05, 0) is 30.3 Å². The minimum absolute atomic E-state index is 0.112. The molecule has 6 heteroatoms. The number of hydrogen-bond donors (Lipinski definition) is 0. The highest BCUT2D eigenvalue weighted by Gasteiger charge is 2.14. The van der Waals surface area contributed by atoms with E-state index in [2.05, 4.69) is 9.97 Å². The van der Waals surface area contributed by atoms with Crippen LogP contribution < -0.4 is 4.74 Å². The molecule has 0 radical (unpaired) electrons. The minimum Gasteiger partial charge on any atom is -0.432 e. The smallest absolute Gasteiger partial charge is 0.230 e. The van der Waals surface area contributed by atoms with E-state index < -0.39 is 23.2 Å². The van der Waals surface area contributed by atoms with Gasteiger partial charge in [-0.25, -0.2) is 23.1 Å². The Kier molecular flexibility index (Phi) is 2.98. The molecule has 2 aromatic carbocycles. The van der Waals surface area contributed by atoms with Crippen LogP contribution in [0.25, 0.3) is 10.9 Å². The van der Waals surface area contributed by atoms with E-state index in [-0.39, 0.29) is 11.3 Å². The lowest BCUT2D eigenvalue weighted by molar-refractivity contribution is 0.399. The number of rotatable bonds is 2. The van der Waals surface area contributed by atoms with Gasteiger partial charge in [0.05, 0.1) is 10.9 Å². The fraction of sp³-hybridized carbons (Fsp3) is 0. The van der Waals surface area contributed by atoms with Crippen LogP contribution in [0.1, 0.15) is 0 Å². The molecular weight excluding hydrogens is 269 g/mol. The van der Waals surface area contributed by atoms with Crippen molar-refractivity contribution >= 4 is 10.9 Å². The van der Waals surface area contributed by atoms with E-state index in [9.17, 15) is 13.2 Å². The maximum Gasteiger partial charge on any atom is 0.230 e. The van der Waals surface area contributed by atoms with Crippen molar-refractivity contribution in [3.05, 3.63) is 60.2 Å². The molecule has 100 valence electrons. The molecule has 1 heterocycles. The summed E-state index contributed by atoms with van der Waals surface area (Å²) in [7, 11) is 0. The first kappa shape index (κ1) is 12.4.